The van der Waals surface area contributed by atoms with Gasteiger partial charge >= 0.3 is 0 Å². The second kappa shape index (κ2) is 6.24. The summed E-state index contributed by atoms with van der Waals surface area (Å²) in [5.74, 6) is 0.424. The van der Waals surface area contributed by atoms with E-state index in [4.69, 9.17) is 5.73 Å². The van der Waals surface area contributed by atoms with E-state index in [0.29, 0.717) is 17.1 Å². The van der Waals surface area contributed by atoms with Crippen molar-refractivity contribution >= 4 is 28.6 Å². The molecule has 0 spiro atoms. The number of nitrogens with two attached hydrogens (primary N) is 1. The summed E-state index contributed by atoms with van der Waals surface area (Å²) in [6.07, 6.45) is 3.59. The molecule has 0 radical (unpaired) electrons. The van der Waals surface area contributed by atoms with E-state index >= 15 is 0 Å². The van der Waals surface area contributed by atoms with Crippen LogP contribution in [0.25, 0.3) is 16.7 Å². The minimum absolute atomic E-state index is 0.136. The molecule has 3 N–H and O–H groups in total. The van der Waals surface area contributed by atoms with Gasteiger partial charge in [0, 0.05) is 22.7 Å². The zero-order valence-corrected chi connectivity index (χ0v) is 14.1. The van der Waals surface area contributed by atoms with E-state index in [1.807, 2.05) is 37.4 Å². The Hall–Kier alpha value is -3.82. The van der Waals surface area contributed by atoms with Crippen LogP contribution in [0.3, 0.4) is 0 Å². The smallest absolute Gasteiger partial charge is 0.243 e. The van der Waals surface area contributed by atoms with Gasteiger partial charge in [0.25, 0.3) is 0 Å². The molecule has 0 saturated heterocycles. The van der Waals surface area contributed by atoms with Crippen molar-refractivity contribution in [3.8, 4) is 5.82 Å². The Morgan fingerprint density at radius 1 is 1.31 bits per heavy atom. The van der Waals surface area contributed by atoms with Crippen LogP contribution in [0.1, 0.15) is 23.9 Å². The molecule has 0 saturated carbocycles. The third-order valence-electron chi connectivity index (χ3n) is 3.96. The summed E-state index contributed by atoms with van der Waals surface area (Å²) in [5, 5.41) is 24.9. The van der Waals surface area contributed by atoms with Gasteiger partial charge in [-0.1, -0.05) is 23.4 Å². The van der Waals surface area contributed by atoms with Crippen molar-refractivity contribution in [2.75, 3.05) is 5.73 Å². The fourth-order valence-corrected chi connectivity index (χ4v) is 2.63. The summed E-state index contributed by atoms with van der Waals surface area (Å²) >= 11 is 0. The highest BCUT2D eigenvalue weighted by atomic mass is 16.6. The van der Waals surface area contributed by atoms with E-state index in [9.17, 15) is 0 Å². The molecule has 3 aromatic heterocycles. The van der Waals surface area contributed by atoms with Gasteiger partial charge in [-0.25, -0.2) is 4.63 Å². The van der Waals surface area contributed by atoms with Crippen molar-refractivity contribution in [1.82, 2.24) is 30.3 Å². The van der Waals surface area contributed by atoms with Crippen LogP contribution < -0.4 is 5.73 Å². The van der Waals surface area contributed by atoms with Crippen LogP contribution in [0.4, 0.5) is 5.82 Å². The second-order valence-electron chi connectivity index (χ2n) is 5.63. The average molecular weight is 349 g/mol. The maximum absolute atomic E-state index is 5.69. The lowest BCUT2D eigenvalue weighted by molar-refractivity contribution is 0.306. The van der Waals surface area contributed by atoms with Crippen LogP contribution in [0, 0.1) is 6.92 Å². The first-order chi connectivity index (χ1) is 12.6. The second-order valence-corrected chi connectivity index (χ2v) is 5.63. The number of para-hydroxylation sites is 1. The number of anilines is 1. The van der Waals surface area contributed by atoms with Gasteiger partial charge in [0.1, 0.15) is 5.69 Å². The topological polar surface area (TPSA) is 136 Å². The number of fused-ring (bicyclic) bond motifs is 1. The molecule has 1 aromatic carbocycles. The summed E-state index contributed by atoms with van der Waals surface area (Å²) in [7, 11) is 0. The number of hydrogen-bond acceptors (Lipinski definition) is 8. The standard InChI is InChI=1S/C16H15N9O/c1-9(14-10(2)25(24-21-14)16-15(17)22-26-23-16)20-19-8-11-7-18-13-6-4-3-5-12(11)13/h3-8,18H,1-2H3,(H2,17,22)/b19-8+,20-9?. The Kier molecular flexibility index (Phi) is 3.77. The molecule has 0 unspecified atom stereocenters. The molecule has 0 atom stereocenters. The van der Waals surface area contributed by atoms with Crippen LogP contribution in [0.15, 0.2) is 45.3 Å². The average Bonchev–Trinajstić information content (AvgIpc) is 3.34. The number of nitrogen functional groups attached to an aromatic ring is 1. The molecule has 0 fully saturated rings. The number of hydrogen-bond donors (Lipinski definition) is 2. The largest absolute Gasteiger partial charge is 0.378 e. The normalized spacial score (nSPS) is 12.5. The van der Waals surface area contributed by atoms with E-state index in [1.54, 1.807) is 13.1 Å². The monoisotopic (exact) mass is 349 g/mol. The molecule has 0 aliphatic carbocycles. The SMILES string of the molecule is CC(=N/N=C/c1c[nH]c2ccccc12)c1nnn(-c2nonc2N)c1C. The van der Waals surface area contributed by atoms with Crippen LogP contribution in [0.2, 0.25) is 0 Å². The van der Waals surface area contributed by atoms with Crippen molar-refractivity contribution in [2.24, 2.45) is 10.2 Å². The number of H-pyrrole nitrogens is 1. The molecule has 0 bridgehead atoms. The third kappa shape index (κ3) is 2.62. The maximum atomic E-state index is 5.69. The fourth-order valence-electron chi connectivity index (χ4n) is 2.63. The lowest BCUT2D eigenvalue weighted by Crippen LogP contribution is -2.04. The summed E-state index contributed by atoms with van der Waals surface area (Å²) in [6.45, 7) is 3.63. The zero-order chi connectivity index (χ0) is 18.1. The van der Waals surface area contributed by atoms with E-state index in [2.05, 4.69) is 40.4 Å². The predicted octanol–water partition coefficient (Wildman–Crippen LogP) is 1.87. The third-order valence-corrected chi connectivity index (χ3v) is 3.96. The predicted molar refractivity (Wildman–Crippen MR) is 96.5 cm³/mol. The quantitative estimate of drug-likeness (QED) is 0.426. The number of aromatic nitrogens is 6. The van der Waals surface area contributed by atoms with Gasteiger partial charge in [-0.3, -0.25) is 0 Å². The molecule has 10 heteroatoms. The minimum Gasteiger partial charge on any atom is -0.378 e. The first kappa shape index (κ1) is 15.7. The van der Waals surface area contributed by atoms with Gasteiger partial charge in [-0.05, 0) is 30.2 Å². The van der Waals surface area contributed by atoms with Crippen molar-refractivity contribution in [3.05, 3.63) is 47.4 Å². The maximum Gasteiger partial charge on any atom is 0.243 e. The fraction of sp³-hybridized carbons (Fsp3) is 0.125. The summed E-state index contributed by atoms with van der Waals surface area (Å²) in [4.78, 5) is 3.19. The molecule has 3 heterocycles. The Morgan fingerprint density at radius 2 is 2.15 bits per heavy atom. The Balaban J connectivity index is 1.61. The molecular formula is C16H15N9O. The number of aromatic amines is 1. The molecule has 4 rings (SSSR count). The van der Waals surface area contributed by atoms with Crippen molar-refractivity contribution < 1.29 is 4.63 Å². The highest BCUT2D eigenvalue weighted by molar-refractivity contribution is 6.00. The summed E-state index contributed by atoms with van der Waals surface area (Å²) in [6, 6.07) is 7.99. The first-order valence-corrected chi connectivity index (χ1v) is 7.80. The Labute approximate surface area is 147 Å². The number of nitrogens with zero attached hydrogens (tertiary/aromatic N) is 7. The molecule has 26 heavy (non-hydrogen) atoms. The molecule has 0 amide bonds. The first-order valence-electron chi connectivity index (χ1n) is 7.80. The van der Waals surface area contributed by atoms with Gasteiger partial charge < -0.3 is 10.7 Å². The minimum atomic E-state index is 0.136. The number of benzene rings is 1. The molecule has 4 aromatic rings. The lowest BCUT2D eigenvalue weighted by Gasteiger charge is -1.98. The number of nitrogens with one attached hydrogen (secondary N) is 1. The van der Waals surface area contributed by atoms with Crippen molar-refractivity contribution in [3.63, 3.8) is 0 Å². The molecule has 10 nitrogen and oxygen atoms in total. The Bertz CT molecular complexity index is 1130. The van der Waals surface area contributed by atoms with E-state index in [-0.39, 0.29) is 11.6 Å². The van der Waals surface area contributed by atoms with Crippen LogP contribution in [0.5, 0.6) is 0 Å². The molecule has 130 valence electrons. The van der Waals surface area contributed by atoms with Crippen LogP contribution >= 0.6 is 0 Å². The van der Waals surface area contributed by atoms with Gasteiger partial charge in [0.05, 0.1) is 17.6 Å². The van der Waals surface area contributed by atoms with E-state index in [0.717, 1.165) is 16.5 Å². The molecule has 0 aliphatic rings. The summed E-state index contributed by atoms with van der Waals surface area (Å²) < 4.78 is 6.04. The highest BCUT2D eigenvalue weighted by Gasteiger charge is 2.17. The molecular weight excluding hydrogens is 334 g/mol. The van der Waals surface area contributed by atoms with Crippen molar-refractivity contribution in [1.29, 1.82) is 0 Å². The molecule has 0 aliphatic heterocycles. The van der Waals surface area contributed by atoms with Gasteiger partial charge in [0.2, 0.25) is 11.6 Å². The van der Waals surface area contributed by atoms with Gasteiger partial charge in [-0.15, -0.1) is 5.10 Å². The lowest BCUT2D eigenvalue weighted by atomic mass is 10.2. The van der Waals surface area contributed by atoms with Crippen molar-refractivity contribution in [2.45, 2.75) is 13.8 Å². The Morgan fingerprint density at radius 3 is 2.96 bits per heavy atom. The zero-order valence-electron chi connectivity index (χ0n) is 14.1. The van der Waals surface area contributed by atoms with Crippen LogP contribution in [-0.2, 0) is 0 Å². The van der Waals surface area contributed by atoms with Gasteiger partial charge in [-0.2, -0.15) is 14.9 Å². The van der Waals surface area contributed by atoms with Crippen LogP contribution in [-0.4, -0.2) is 42.2 Å². The van der Waals surface area contributed by atoms with E-state index in [1.165, 1.54) is 4.68 Å². The van der Waals surface area contributed by atoms with Gasteiger partial charge in [0.15, 0.2) is 0 Å². The van der Waals surface area contributed by atoms with E-state index < -0.39 is 0 Å². The summed E-state index contributed by atoms with van der Waals surface area (Å²) in [5.41, 5.74) is 9.60. The highest BCUT2D eigenvalue weighted by Crippen LogP contribution is 2.17. The number of rotatable bonds is 4.